The molecule has 1 aromatic heterocycles. The molecule has 2 heterocycles. The fraction of sp³-hybridized carbons (Fsp3) is 0.400. The predicted octanol–water partition coefficient (Wildman–Crippen LogP) is 2.33. The summed E-state index contributed by atoms with van der Waals surface area (Å²) in [5.41, 5.74) is 1.98. The zero-order valence-corrected chi connectivity index (χ0v) is 14.4. The summed E-state index contributed by atoms with van der Waals surface area (Å²) in [4.78, 5) is 18.8. The normalized spacial score (nSPS) is 28.0. The van der Waals surface area contributed by atoms with Crippen LogP contribution < -0.4 is 10.2 Å². The van der Waals surface area contributed by atoms with Gasteiger partial charge < -0.3 is 15.3 Å². The first-order chi connectivity index (χ1) is 12.0. The van der Waals surface area contributed by atoms with Crippen LogP contribution in [-0.2, 0) is 0 Å². The van der Waals surface area contributed by atoms with E-state index >= 15 is 0 Å². The summed E-state index contributed by atoms with van der Waals surface area (Å²) in [7, 11) is 0. The van der Waals surface area contributed by atoms with E-state index in [0.29, 0.717) is 18.2 Å². The van der Waals surface area contributed by atoms with Gasteiger partial charge in [0.15, 0.2) is 0 Å². The molecule has 2 aliphatic rings. The Kier molecular flexibility index (Phi) is 3.96. The molecule has 5 nitrogen and oxygen atoms in total. The fourth-order valence-corrected chi connectivity index (χ4v) is 3.57. The maximum Gasteiger partial charge on any atom is 0.270 e. The molecule has 130 valence electrons. The van der Waals surface area contributed by atoms with Crippen LogP contribution in [0.1, 0.15) is 41.7 Å². The molecule has 1 saturated carbocycles. The van der Waals surface area contributed by atoms with E-state index in [2.05, 4.69) is 27.3 Å². The number of rotatable bonds is 4. The summed E-state index contributed by atoms with van der Waals surface area (Å²) in [6.07, 6.45) is 3.38. The molecular formula is C20H23N3O2. The average Bonchev–Trinajstić information content (AvgIpc) is 3.29. The highest BCUT2D eigenvalue weighted by Crippen LogP contribution is 2.40. The van der Waals surface area contributed by atoms with Crippen LogP contribution in [-0.4, -0.2) is 40.7 Å². The highest BCUT2D eigenvalue weighted by Gasteiger charge is 2.39. The van der Waals surface area contributed by atoms with Crippen molar-refractivity contribution >= 4 is 11.6 Å². The molecule has 0 spiro atoms. The average molecular weight is 337 g/mol. The molecule has 1 aliphatic carbocycles. The van der Waals surface area contributed by atoms with Gasteiger partial charge in [0.2, 0.25) is 0 Å². The number of benzene rings is 1. The zero-order chi connectivity index (χ0) is 17.4. The Bertz CT molecular complexity index is 776. The molecule has 1 saturated heterocycles. The minimum atomic E-state index is -0.664. The quantitative estimate of drug-likeness (QED) is 0.899. The van der Waals surface area contributed by atoms with Gasteiger partial charge in [-0.3, -0.25) is 9.78 Å². The summed E-state index contributed by atoms with van der Waals surface area (Å²) in [6.45, 7) is 3.21. The Morgan fingerprint density at radius 1 is 1.32 bits per heavy atom. The van der Waals surface area contributed by atoms with Crippen molar-refractivity contribution < 1.29 is 9.90 Å². The van der Waals surface area contributed by atoms with Gasteiger partial charge in [0.1, 0.15) is 5.69 Å². The smallest absolute Gasteiger partial charge is 0.270 e. The highest BCUT2D eigenvalue weighted by atomic mass is 16.3. The van der Waals surface area contributed by atoms with Crippen LogP contribution in [0.25, 0.3) is 0 Å². The van der Waals surface area contributed by atoms with Gasteiger partial charge in [0, 0.05) is 36.9 Å². The SMILES string of the molecule is C[C@]1(O)CCN(c2ccnc(C(=O)N[C@@H]3C[C@H]3c3ccccc3)c2)C1. The molecule has 2 N–H and O–H groups in total. The minimum absolute atomic E-state index is 0.128. The summed E-state index contributed by atoms with van der Waals surface area (Å²) >= 11 is 0. The Balaban J connectivity index is 1.41. The van der Waals surface area contributed by atoms with E-state index in [1.54, 1.807) is 6.20 Å². The largest absolute Gasteiger partial charge is 0.388 e. The van der Waals surface area contributed by atoms with E-state index in [9.17, 15) is 9.90 Å². The van der Waals surface area contributed by atoms with E-state index in [-0.39, 0.29) is 11.9 Å². The van der Waals surface area contributed by atoms with Gasteiger partial charge in [-0.2, -0.15) is 0 Å². The van der Waals surface area contributed by atoms with Crippen molar-refractivity contribution in [2.45, 2.75) is 37.3 Å². The van der Waals surface area contributed by atoms with Crippen LogP contribution >= 0.6 is 0 Å². The van der Waals surface area contributed by atoms with E-state index in [0.717, 1.165) is 25.1 Å². The van der Waals surface area contributed by atoms with Gasteiger partial charge in [-0.25, -0.2) is 0 Å². The number of anilines is 1. The number of carbonyl (C=O) groups excluding carboxylic acids is 1. The standard InChI is InChI=1S/C20H23N3O2/c1-20(25)8-10-23(13-20)15-7-9-21-18(11-15)19(24)22-17-12-16(17)14-5-3-2-4-6-14/h2-7,9,11,16-17,25H,8,10,12-13H2,1H3,(H,22,24)/t16-,17+,20-/m0/s1. The summed E-state index contributed by atoms with van der Waals surface area (Å²) in [6, 6.07) is 14.2. The summed E-state index contributed by atoms with van der Waals surface area (Å²) in [5, 5.41) is 13.2. The first kappa shape index (κ1) is 16.1. The minimum Gasteiger partial charge on any atom is -0.388 e. The number of hydrogen-bond acceptors (Lipinski definition) is 4. The molecule has 2 aromatic rings. The second kappa shape index (κ2) is 6.15. The molecule has 2 fully saturated rings. The number of nitrogens with zero attached hydrogens (tertiary/aromatic N) is 2. The Morgan fingerprint density at radius 3 is 2.84 bits per heavy atom. The van der Waals surface area contributed by atoms with Crippen molar-refractivity contribution in [1.29, 1.82) is 0 Å². The van der Waals surface area contributed by atoms with Crippen molar-refractivity contribution in [1.82, 2.24) is 10.3 Å². The maximum atomic E-state index is 12.5. The van der Waals surface area contributed by atoms with Gasteiger partial charge in [0.05, 0.1) is 5.60 Å². The monoisotopic (exact) mass is 337 g/mol. The third kappa shape index (κ3) is 3.51. The van der Waals surface area contributed by atoms with Gasteiger partial charge in [-0.1, -0.05) is 30.3 Å². The van der Waals surface area contributed by atoms with Crippen molar-refractivity contribution in [3.63, 3.8) is 0 Å². The molecule has 0 unspecified atom stereocenters. The third-order valence-corrected chi connectivity index (χ3v) is 5.13. The second-order valence-corrected chi connectivity index (χ2v) is 7.40. The third-order valence-electron chi connectivity index (χ3n) is 5.13. The Hall–Kier alpha value is -2.40. The van der Waals surface area contributed by atoms with E-state index in [1.165, 1.54) is 5.56 Å². The molecule has 25 heavy (non-hydrogen) atoms. The number of amides is 1. The molecule has 1 aliphatic heterocycles. The lowest BCUT2D eigenvalue weighted by Gasteiger charge is -2.21. The van der Waals surface area contributed by atoms with Crippen molar-refractivity contribution in [3.8, 4) is 0 Å². The molecule has 5 heteroatoms. The predicted molar refractivity (Wildman–Crippen MR) is 96.7 cm³/mol. The van der Waals surface area contributed by atoms with E-state index < -0.39 is 5.60 Å². The molecule has 3 atom stereocenters. The van der Waals surface area contributed by atoms with E-state index in [4.69, 9.17) is 0 Å². The number of pyridine rings is 1. The number of aliphatic hydroxyl groups is 1. The topological polar surface area (TPSA) is 65.5 Å². The lowest BCUT2D eigenvalue weighted by molar-refractivity contribution is 0.0839. The molecule has 1 amide bonds. The van der Waals surface area contributed by atoms with Gasteiger partial charge in [-0.05, 0) is 37.5 Å². The van der Waals surface area contributed by atoms with Crippen LogP contribution in [0.15, 0.2) is 48.7 Å². The zero-order valence-electron chi connectivity index (χ0n) is 14.4. The Labute approximate surface area is 147 Å². The number of aromatic nitrogens is 1. The number of carbonyl (C=O) groups is 1. The summed E-state index contributed by atoms with van der Waals surface area (Å²) < 4.78 is 0. The van der Waals surface area contributed by atoms with Gasteiger partial charge in [0.25, 0.3) is 5.91 Å². The lowest BCUT2D eigenvalue weighted by Crippen LogP contribution is -2.30. The van der Waals surface area contributed by atoms with Crippen LogP contribution in [0, 0.1) is 0 Å². The molecule has 4 rings (SSSR count). The Morgan fingerprint density at radius 2 is 2.12 bits per heavy atom. The van der Waals surface area contributed by atoms with Crippen LogP contribution in [0.3, 0.4) is 0 Å². The number of β-amino-alcohol motifs (C(OH)–C–C–N with tert-alkyl or cyclic N) is 1. The lowest BCUT2D eigenvalue weighted by atomic mass is 10.1. The van der Waals surface area contributed by atoms with Gasteiger partial charge >= 0.3 is 0 Å². The first-order valence-corrected chi connectivity index (χ1v) is 8.81. The van der Waals surface area contributed by atoms with Crippen molar-refractivity contribution in [2.24, 2.45) is 0 Å². The van der Waals surface area contributed by atoms with Crippen LogP contribution in [0.5, 0.6) is 0 Å². The molecule has 0 radical (unpaired) electrons. The van der Waals surface area contributed by atoms with Crippen LogP contribution in [0.2, 0.25) is 0 Å². The molecule has 0 bridgehead atoms. The highest BCUT2D eigenvalue weighted by molar-refractivity contribution is 5.93. The van der Waals surface area contributed by atoms with E-state index in [1.807, 2.05) is 37.3 Å². The second-order valence-electron chi connectivity index (χ2n) is 7.40. The van der Waals surface area contributed by atoms with Crippen molar-refractivity contribution in [3.05, 3.63) is 59.9 Å². The number of hydrogen-bond donors (Lipinski definition) is 2. The fourth-order valence-electron chi connectivity index (χ4n) is 3.57. The molecule has 1 aromatic carbocycles. The maximum absolute atomic E-state index is 12.5. The van der Waals surface area contributed by atoms with Crippen LogP contribution in [0.4, 0.5) is 5.69 Å². The number of nitrogens with one attached hydrogen (secondary N) is 1. The van der Waals surface area contributed by atoms with Crippen molar-refractivity contribution in [2.75, 3.05) is 18.0 Å². The molecular weight excluding hydrogens is 314 g/mol. The summed E-state index contributed by atoms with van der Waals surface area (Å²) in [5.74, 6) is 0.276. The first-order valence-electron chi connectivity index (χ1n) is 8.81. The van der Waals surface area contributed by atoms with Gasteiger partial charge in [-0.15, -0.1) is 0 Å².